The largest absolute Gasteiger partial charge is 0.469 e. The van der Waals surface area contributed by atoms with Crippen LogP contribution in [0, 0.1) is 11.8 Å². The van der Waals surface area contributed by atoms with E-state index in [1.165, 1.54) is 7.11 Å². The number of ether oxygens (including phenoxy) is 1. The Morgan fingerprint density at radius 1 is 1.53 bits per heavy atom. The van der Waals surface area contributed by atoms with Crippen LogP contribution in [0.5, 0.6) is 0 Å². The van der Waals surface area contributed by atoms with Crippen molar-refractivity contribution in [2.45, 2.75) is 40.2 Å². The summed E-state index contributed by atoms with van der Waals surface area (Å²) >= 11 is 0. The van der Waals surface area contributed by atoms with Crippen LogP contribution in [0.1, 0.15) is 33.0 Å². The minimum atomic E-state index is -0.147. The predicted octanol–water partition coefficient (Wildman–Crippen LogP) is 2.28. The lowest BCUT2D eigenvalue weighted by Crippen LogP contribution is -2.25. The number of nitrogens with zero attached hydrogens (tertiary/aromatic N) is 2. The maximum absolute atomic E-state index is 11.7. The third-order valence-electron chi connectivity index (χ3n) is 2.98. The number of esters is 1. The topological polar surface area (TPSA) is 44.1 Å². The second-order valence-corrected chi connectivity index (χ2v) is 4.61. The fraction of sp³-hybridized carbons (Fsp3) is 0.692. The minimum absolute atomic E-state index is 0.113. The summed E-state index contributed by atoms with van der Waals surface area (Å²) in [6.07, 6.45) is 5.47. The van der Waals surface area contributed by atoms with Gasteiger partial charge >= 0.3 is 5.97 Å². The Bertz CT molecular complexity index is 358. The second kappa shape index (κ2) is 6.42. The lowest BCUT2D eigenvalue weighted by Gasteiger charge is -2.18. The fourth-order valence-corrected chi connectivity index (χ4v) is 1.91. The number of hydrogen-bond acceptors (Lipinski definition) is 3. The van der Waals surface area contributed by atoms with Crippen molar-refractivity contribution in [2.75, 3.05) is 7.11 Å². The summed E-state index contributed by atoms with van der Waals surface area (Å²) in [6, 6.07) is 0. The number of aromatic nitrogens is 2. The fourth-order valence-electron chi connectivity index (χ4n) is 1.91. The molecule has 1 unspecified atom stereocenters. The highest BCUT2D eigenvalue weighted by molar-refractivity contribution is 5.72. The number of carbonyl (C=O) groups is 1. The zero-order valence-corrected chi connectivity index (χ0v) is 11.1. The Labute approximate surface area is 103 Å². The van der Waals surface area contributed by atoms with Gasteiger partial charge in [-0.15, -0.1) is 0 Å². The van der Waals surface area contributed by atoms with Crippen LogP contribution in [0.25, 0.3) is 0 Å². The Morgan fingerprint density at radius 3 is 2.76 bits per heavy atom. The molecule has 0 saturated heterocycles. The molecule has 96 valence electrons. The highest BCUT2D eigenvalue weighted by atomic mass is 16.5. The summed E-state index contributed by atoms with van der Waals surface area (Å²) in [5, 5.41) is 0. The number of imidazole rings is 1. The van der Waals surface area contributed by atoms with E-state index in [2.05, 4.69) is 16.5 Å². The van der Waals surface area contributed by atoms with Gasteiger partial charge in [-0.3, -0.25) is 4.79 Å². The van der Waals surface area contributed by atoms with Gasteiger partial charge in [-0.2, -0.15) is 0 Å². The van der Waals surface area contributed by atoms with Gasteiger partial charge in [0.25, 0.3) is 0 Å². The van der Waals surface area contributed by atoms with Gasteiger partial charge in [-0.25, -0.2) is 4.98 Å². The molecule has 0 amide bonds. The molecule has 4 heteroatoms. The molecule has 1 aromatic rings. The summed E-state index contributed by atoms with van der Waals surface area (Å²) in [5.74, 6) is 0.967. The normalized spacial score (nSPS) is 12.8. The summed E-state index contributed by atoms with van der Waals surface area (Å²) < 4.78 is 6.96. The average molecular weight is 238 g/mol. The van der Waals surface area contributed by atoms with Gasteiger partial charge in [0.15, 0.2) is 0 Å². The van der Waals surface area contributed by atoms with Gasteiger partial charge in [-0.05, 0) is 12.3 Å². The SMILES string of the molecule is CCCn1ccnc1CC(C(=O)OC)C(C)C. The summed E-state index contributed by atoms with van der Waals surface area (Å²) in [4.78, 5) is 16.0. The molecule has 0 spiro atoms. The van der Waals surface area contributed by atoms with Gasteiger partial charge in [-0.1, -0.05) is 20.8 Å². The summed E-state index contributed by atoms with van der Waals surface area (Å²) in [7, 11) is 1.44. The third-order valence-corrected chi connectivity index (χ3v) is 2.98. The molecule has 1 heterocycles. The Balaban J connectivity index is 2.78. The molecule has 4 nitrogen and oxygen atoms in total. The highest BCUT2D eigenvalue weighted by Gasteiger charge is 2.24. The van der Waals surface area contributed by atoms with Crippen molar-refractivity contribution in [3.8, 4) is 0 Å². The smallest absolute Gasteiger partial charge is 0.309 e. The van der Waals surface area contributed by atoms with E-state index in [9.17, 15) is 4.79 Å². The van der Waals surface area contributed by atoms with E-state index < -0.39 is 0 Å². The molecule has 0 aliphatic carbocycles. The summed E-state index contributed by atoms with van der Waals surface area (Å²) in [5.41, 5.74) is 0. The van der Waals surface area contributed by atoms with E-state index in [0.29, 0.717) is 6.42 Å². The quantitative estimate of drug-likeness (QED) is 0.714. The first kappa shape index (κ1) is 13.7. The van der Waals surface area contributed by atoms with Crippen LogP contribution in [0.2, 0.25) is 0 Å². The molecule has 1 rings (SSSR count). The monoisotopic (exact) mass is 238 g/mol. The number of methoxy groups -OCH3 is 1. The lowest BCUT2D eigenvalue weighted by molar-refractivity contribution is -0.147. The van der Waals surface area contributed by atoms with E-state index in [1.54, 1.807) is 6.20 Å². The van der Waals surface area contributed by atoms with Crippen LogP contribution in [0.3, 0.4) is 0 Å². The number of aryl methyl sites for hydroxylation is 1. The van der Waals surface area contributed by atoms with Gasteiger partial charge in [0, 0.05) is 25.4 Å². The van der Waals surface area contributed by atoms with Crippen molar-refractivity contribution in [1.82, 2.24) is 9.55 Å². The Hall–Kier alpha value is -1.32. The van der Waals surface area contributed by atoms with E-state index >= 15 is 0 Å². The van der Waals surface area contributed by atoms with Crippen molar-refractivity contribution >= 4 is 5.97 Å². The second-order valence-electron chi connectivity index (χ2n) is 4.61. The van der Waals surface area contributed by atoms with Crippen LogP contribution in [0.4, 0.5) is 0 Å². The lowest BCUT2D eigenvalue weighted by atomic mass is 9.92. The van der Waals surface area contributed by atoms with E-state index in [-0.39, 0.29) is 17.8 Å². The molecule has 1 atom stereocenters. The van der Waals surface area contributed by atoms with Crippen LogP contribution >= 0.6 is 0 Å². The average Bonchev–Trinajstić information content (AvgIpc) is 2.72. The molecular weight excluding hydrogens is 216 g/mol. The zero-order chi connectivity index (χ0) is 12.8. The molecule has 0 aromatic carbocycles. The first-order valence-corrected chi connectivity index (χ1v) is 6.18. The first-order chi connectivity index (χ1) is 8.10. The Kier molecular flexibility index (Phi) is 5.19. The van der Waals surface area contributed by atoms with Crippen LogP contribution in [-0.2, 0) is 22.5 Å². The third kappa shape index (κ3) is 3.58. The standard InChI is InChI=1S/C13H22N2O2/c1-5-7-15-8-6-14-12(15)9-11(10(2)3)13(16)17-4/h6,8,10-11H,5,7,9H2,1-4H3. The molecule has 0 bridgehead atoms. The van der Waals surface area contributed by atoms with Crippen molar-refractivity contribution < 1.29 is 9.53 Å². The molecule has 17 heavy (non-hydrogen) atoms. The molecule has 0 fully saturated rings. The predicted molar refractivity (Wildman–Crippen MR) is 66.6 cm³/mol. The van der Waals surface area contributed by atoms with Gasteiger partial charge in [0.1, 0.15) is 5.82 Å². The molecule has 0 aliphatic heterocycles. The van der Waals surface area contributed by atoms with Crippen molar-refractivity contribution in [1.29, 1.82) is 0 Å². The molecule has 0 radical (unpaired) electrons. The van der Waals surface area contributed by atoms with Crippen LogP contribution < -0.4 is 0 Å². The summed E-state index contributed by atoms with van der Waals surface area (Å²) in [6.45, 7) is 7.15. The minimum Gasteiger partial charge on any atom is -0.469 e. The molecule has 0 N–H and O–H groups in total. The number of rotatable bonds is 6. The molecule has 1 aromatic heterocycles. The van der Waals surface area contributed by atoms with Crippen LogP contribution in [0.15, 0.2) is 12.4 Å². The molecule has 0 saturated carbocycles. The van der Waals surface area contributed by atoms with Gasteiger partial charge < -0.3 is 9.30 Å². The van der Waals surface area contributed by atoms with E-state index in [4.69, 9.17) is 4.74 Å². The highest BCUT2D eigenvalue weighted by Crippen LogP contribution is 2.18. The van der Waals surface area contributed by atoms with Crippen LogP contribution in [-0.4, -0.2) is 22.6 Å². The van der Waals surface area contributed by atoms with Gasteiger partial charge in [0.05, 0.1) is 13.0 Å². The van der Waals surface area contributed by atoms with E-state index in [1.807, 2.05) is 20.0 Å². The first-order valence-electron chi connectivity index (χ1n) is 6.18. The molecular formula is C13H22N2O2. The van der Waals surface area contributed by atoms with Crippen molar-refractivity contribution in [3.05, 3.63) is 18.2 Å². The maximum atomic E-state index is 11.7. The Morgan fingerprint density at radius 2 is 2.24 bits per heavy atom. The maximum Gasteiger partial charge on any atom is 0.309 e. The van der Waals surface area contributed by atoms with E-state index in [0.717, 1.165) is 18.8 Å². The van der Waals surface area contributed by atoms with Gasteiger partial charge in [0.2, 0.25) is 0 Å². The van der Waals surface area contributed by atoms with Crippen molar-refractivity contribution in [3.63, 3.8) is 0 Å². The zero-order valence-electron chi connectivity index (χ0n) is 11.1. The number of hydrogen-bond donors (Lipinski definition) is 0. The van der Waals surface area contributed by atoms with Crippen molar-refractivity contribution in [2.24, 2.45) is 11.8 Å². The molecule has 0 aliphatic rings. The number of carbonyl (C=O) groups excluding carboxylic acids is 1.